The zero-order valence-corrected chi connectivity index (χ0v) is 33.6. The van der Waals surface area contributed by atoms with Crippen LogP contribution < -0.4 is 29.6 Å². The Balaban J connectivity index is 0.000000183. The van der Waals surface area contributed by atoms with Crippen LogP contribution in [0, 0.1) is 0 Å². The molecule has 10 rings (SSSR count). The van der Waals surface area contributed by atoms with Gasteiger partial charge in [-0.2, -0.15) is 0 Å². The summed E-state index contributed by atoms with van der Waals surface area (Å²) in [5, 5.41) is 28.5. The standard InChI is InChI=1S/C20H15N5OS.C20H13N5OS.B.Na.H/c2*26-12-15-4-8-19(27-15)17-6-7-18-20(22-17)25(24-23-18)11-13-3-5-16-14(10-13)2-1-9-21-16;;;/h1-10,26H,11-12H2;1-10,12H,11H2;;;/q;;;+1;-1. The molecular weight excluding hydrogens is 750 g/mol. The number of hydrogen-bond acceptors (Lipinski definition) is 12. The molecule has 0 amide bonds. The van der Waals surface area contributed by atoms with E-state index >= 15 is 0 Å². The van der Waals surface area contributed by atoms with E-state index in [1.807, 2.05) is 83.5 Å². The Labute approximate surface area is 353 Å². The first-order chi connectivity index (χ1) is 26.6. The first-order valence-electron chi connectivity index (χ1n) is 16.9. The number of carbonyl (C=O) groups excluding carboxylic acids is 1. The summed E-state index contributed by atoms with van der Waals surface area (Å²) in [4.78, 5) is 32.7. The minimum atomic E-state index is 0. The summed E-state index contributed by atoms with van der Waals surface area (Å²) in [6.07, 6.45) is 4.44. The summed E-state index contributed by atoms with van der Waals surface area (Å²) >= 11 is 2.96. The summed E-state index contributed by atoms with van der Waals surface area (Å²) in [6.45, 7) is 1.20. The van der Waals surface area contributed by atoms with E-state index in [1.165, 1.54) is 22.7 Å². The normalized spacial score (nSPS) is 10.9. The fourth-order valence-electron chi connectivity index (χ4n) is 6.14. The number of aliphatic hydroxyl groups is 1. The summed E-state index contributed by atoms with van der Waals surface area (Å²) in [5.41, 5.74) is 8.81. The second-order valence-corrected chi connectivity index (χ2v) is 14.7. The molecule has 3 radical (unpaired) electrons. The Kier molecular flexibility index (Phi) is 11.8. The monoisotopic (exact) mass is 779 g/mol. The quantitative estimate of drug-likeness (QED) is 0.174. The molecule has 12 nitrogen and oxygen atoms in total. The van der Waals surface area contributed by atoms with Crippen LogP contribution in [0.4, 0.5) is 0 Å². The number of fused-ring (bicyclic) bond motifs is 4. The number of aliphatic hydroxyl groups excluding tert-OH is 1. The van der Waals surface area contributed by atoms with Crippen molar-refractivity contribution in [3.05, 3.63) is 142 Å². The summed E-state index contributed by atoms with van der Waals surface area (Å²) < 4.78 is 3.61. The van der Waals surface area contributed by atoms with Crippen LogP contribution in [0.25, 0.3) is 65.3 Å². The maximum Gasteiger partial charge on any atom is 1.00 e. The van der Waals surface area contributed by atoms with Gasteiger partial charge in [0, 0.05) is 36.5 Å². The van der Waals surface area contributed by atoms with Crippen molar-refractivity contribution in [2.75, 3.05) is 0 Å². The molecule has 0 saturated heterocycles. The minimum Gasteiger partial charge on any atom is -1.00 e. The number of aromatic nitrogens is 10. The van der Waals surface area contributed by atoms with E-state index in [9.17, 15) is 9.90 Å². The summed E-state index contributed by atoms with van der Waals surface area (Å²) in [6, 6.07) is 35.6. The number of aldehydes is 1. The molecule has 56 heavy (non-hydrogen) atoms. The number of rotatable bonds is 8. The molecule has 0 unspecified atom stereocenters. The Morgan fingerprint density at radius 3 is 1.64 bits per heavy atom. The molecule has 1 N–H and O–H groups in total. The molecule has 0 saturated carbocycles. The van der Waals surface area contributed by atoms with Crippen molar-refractivity contribution in [1.82, 2.24) is 49.9 Å². The van der Waals surface area contributed by atoms with Crippen molar-refractivity contribution in [2.45, 2.75) is 19.7 Å². The average molecular weight is 780 g/mol. The van der Waals surface area contributed by atoms with Crippen molar-refractivity contribution in [3.63, 3.8) is 0 Å². The largest absolute Gasteiger partial charge is 1.00 e. The minimum absolute atomic E-state index is 0. The van der Waals surface area contributed by atoms with Crippen LogP contribution >= 0.6 is 22.7 Å². The maximum atomic E-state index is 10.9. The van der Waals surface area contributed by atoms with Gasteiger partial charge in [0.05, 0.1) is 56.7 Å². The topological polar surface area (TPSA) is 150 Å². The number of pyridine rings is 4. The number of benzene rings is 2. The number of nitrogens with zero attached hydrogens (tertiary/aromatic N) is 10. The molecule has 0 fully saturated rings. The Bertz CT molecular complexity index is 2970. The molecule has 2 aromatic carbocycles. The van der Waals surface area contributed by atoms with Crippen LogP contribution in [0.2, 0.25) is 0 Å². The number of thiophene rings is 2. The molecule has 16 heteroatoms. The molecule has 0 spiro atoms. The molecule has 10 aromatic rings. The van der Waals surface area contributed by atoms with Gasteiger partial charge in [-0.15, -0.1) is 32.9 Å². The van der Waals surface area contributed by atoms with E-state index in [4.69, 9.17) is 9.97 Å². The molecule has 8 aromatic heterocycles. The van der Waals surface area contributed by atoms with Gasteiger partial charge < -0.3 is 6.53 Å². The van der Waals surface area contributed by atoms with Crippen molar-refractivity contribution in [3.8, 4) is 21.1 Å². The molecule has 0 aliphatic rings. The zero-order valence-electron chi connectivity index (χ0n) is 31.0. The average Bonchev–Trinajstić information content (AvgIpc) is 4.05. The Hall–Kier alpha value is -5.55. The number of hydrogen-bond donors (Lipinski definition) is 1. The smallest absolute Gasteiger partial charge is 1.00 e. The molecule has 0 aliphatic carbocycles. The van der Waals surface area contributed by atoms with Gasteiger partial charge in [0.15, 0.2) is 17.6 Å². The van der Waals surface area contributed by atoms with Gasteiger partial charge in [-0.25, -0.2) is 19.3 Å². The predicted octanol–water partition coefficient (Wildman–Crippen LogP) is 4.34. The number of carbonyl (C=O) groups is 1. The van der Waals surface area contributed by atoms with Crippen molar-refractivity contribution >= 4 is 81.5 Å². The summed E-state index contributed by atoms with van der Waals surface area (Å²) in [7, 11) is 0. The molecule has 267 valence electrons. The Morgan fingerprint density at radius 1 is 0.625 bits per heavy atom. The molecule has 0 aliphatic heterocycles. The third-order valence-electron chi connectivity index (χ3n) is 8.78. The zero-order chi connectivity index (χ0) is 36.4. The molecular formula is C40H29BN10NaO2S2. The van der Waals surface area contributed by atoms with E-state index in [2.05, 4.69) is 54.9 Å². The predicted molar refractivity (Wildman–Crippen MR) is 217 cm³/mol. The maximum absolute atomic E-state index is 10.9. The fraction of sp³-hybridized carbons (Fsp3) is 0.0750. The fourth-order valence-corrected chi connectivity index (χ4v) is 7.77. The first-order valence-corrected chi connectivity index (χ1v) is 18.6. The second kappa shape index (κ2) is 17.1. The van der Waals surface area contributed by atoms with Gasteiger partial charge in [0.25, 0.3) is 0 Å². The summed E-state index contributed by atoms with van der Waals surface area (Å²) in [5.74, 6) is 0. The van der Waals surface area contributed by atoms with Crippen LogP contribution in [0.3, 0.4) is 0 Å². The second-order valence-electron chi connectivity index (χ2n) is 12.4. The van der Waals surface area contributed by atoms with E-state index < -0.39 is 0 Å². The molecule has 8 heterocycles. The van der Waals surface area contributed by atoms with Gasteiger partial charge in [0.1, 0.15) is 11.0 Å². The van der Waals surface area contributed by atoms with Crippen LogP contribution in [0.1, 0.15) is 27.1 Å². The van der Waals surface area contributed by atoms with Gasteiger partial charge >= 0.3 is 29.6 Å². The van der Waals surface area contributed by atoms with E-state index in [0.29, 0.717) is 18.0 Å². The molecule has 0 atom stereocenters. The van der Waals surface area contributed by atoms with Crippen LogP contribution in [0.15, 0.2) is 122 Å². The van der Waals surface area contributed by atoms with Crippen LogP contribution in [0.5, 0.6) is 0 Å². The molecule has 0 bridgehead atoms. The van der Waals surface area contributed by atoms with Crippen LogP contribution in [-0.4, -0.2) is 69.7 Å². The van der Waals surface area contributed by atoms with Gasteiger partial charge in [0.2, 0.25) is 0 Å². The van der Waals surface area contributed by atoms with Crippen LogP contribution in [-0.2, 0) is 19.7 Å². The van der Waals surface area contributed by atoms with Gasteiger partial charge in [-0.3, -0.25) is 14.8 Å². The SMILES string of the molecule is O=Cc1ccc(-c2ccc3nnn(Cc4ccc5ncccc5c4)c3n2)s1.OCc1ccc(-c2ccc3nnn(Cc4ccc5ncccc5c4)c3n2)s1.[B].[H-].[Na+]. The van der Waals surface area contributed by atoms with Crippen molar-refractivity contribution < 1.29 is 40.9 Å². The van der Waals surface area contributed by atoms with Crippen molar-refractivity contribution in [1.29, 1.82) is 0 Å². The van der Waals surface area contributed by atoms with E-state index in [1.54, 1.807) is 23.1 Å². The first kappa shape index (κ1) is 38.7. The van der Waals surface area contributed by atoms with Gasteiger partial charge in [-0.05, 0) is 96.1 Å². The van der Waals surface area contributed by atoms with Crippen molar-refractivity contribution in [2.24, 2.45) is 0 Å². The van der Waals surface area contributed by atoms with E-state index in [-0.39, 0.29) is 46.0 Å². The van der Waals surface area contributed by atoms with Gasteiger partial charge in [-0.1, -0.05) is 34.7 Å². The third-order valence-corrected chi connectivity index (χ3v) is 10.9. The van der Waals surface area contributed by atoms with E-state index in [0.717, 1.165) is 87.6 Å². The third kappa shape index (κ3) is 8.05. The Morgan fingerprint density at radius 2 is 1.14 bits per heavy atom.